The van der Waals surface area contributed by atoms with Crippen LogP contribution in [0.5, 0.6) is 0 Å². The van der Waals surface area contributed by atoms with Gasteiger partial charge in [-0.1, -0.05) is 13.3 Å². The molecular formula is C11H20O5. The molecule has 3 unspecified atom stereocenters. The molecule has 5 atom stereocenters. The quantitative estimate of drug-likeness (QED) is 0.716. The predicted octanol–water partition coefficient (Wildman–Crippen LogP) is 0.0387. The molecule has 0 bridgehead atoms. The van der Waals surface area contributed by atoms with Gasteiger partial charge in [0.05, 0.1) is 13.2 Å². The van der Waals surface area contributed by atoms with Crippen molar-refractivity contribution in [2.75, 3.05) is 13.2 Å². The van der Waals surface area contributed by atoms with E-state index in [1.54, 1.807) is 0 Å². The Morgan fingerprint density at radius 1 is 1.19 bits per heavy atom. The van der Waals surface area contributed by atoms with E-state index in [1.807, 2.05) is 0 Å². The van der Waals surface area contributed by atoms with Gasteiger partial charge in [0.2, 0.25) is 0 Å². The summed E-state index contributed by atoms with van der Waals surface area (Å²) in [5.41, 5.74) is 0. The average Bonchev–Trinajstić information content (AvgIpc) is 2.85. The maximum Gasteiger partial charge on any atom is 0.158 e. The van der Waals surface area contributed by atoms with Gasteiger partial charge in [-0.15, -0.1) is 0 Å². The Kier molecular flexibility index (Phi) is 4.16. The summed E-state index contributed by atoms with van der Waals surface area (Å²) in [5.74, 6) is 0. The Morgan fingerprint density at radius 3 is 2.62 bits per heavy atom. The number of aliphatic hydroxyl groups excluding tert-OH is 2. The highest BCUT2D eigenvalue weighted by Crippen LogP contribution is 2.26. The lowest BCUT2D eigenvalue weighted by Crippen LogP contribution is -2.39. The largest absolute Gasteiger partial charge is 0.388 e. The molecule has 2 rings (SSSR count). The highest BCUT2D eigenvalue weighted by atomic mass is 16.7. The summed E-state index contributed by atoms with van der Waals surface area (Å²) >= 11 is 0. The Labute approximate surface area is 95.3 Å². The van der Waals surface area contributed by atoms with Crippen LogP contribution in [0, 0.1) is 0 Å². The van der Waals surface area contributed by atoms with Crippen LogP contribution in [0.25, 0.3) is 0 Å². The molecule has 2 fully saturated rings. The molecule has 5 nitrogen and oxygen atoms in total. The molecule has 5 heteroatoms. The monoisotopic (exact) mass is 232 g/mol. The summed E-state index contributed by atoms with van der Waals surface area (Å²) in [7, 11) is 0. The predicted molar refractivity (Wildman–Crippen MR) is 55.9 cm³/mol. The third-order valence-electron chi connectivity index (χ3n) is 3.12. The van der Waals surface area contributed by atoms with E-state index in [2.05, 4.69) is 6.92 Å². The maximum absolute atomic E-state index is 9.67. The summed E-state index contributed by atoms with van der Waals surface area (Å²) in [6, 6.07) is 0. The molecular weight excluding hydrogens is 212 g/mol. The molecule has 2 heterocycles. The summed E-state index contributed by atoms with van der Waals surface area (Å²) in [6.45, 7) is 2.72. The van der Waals surface area contributed by atoms with E-state index in [9.17, 15) is 10.2 Å². The van der Waals surface area contributed by atoms with Gasteiger partial charge in [-0.05, 0) is 12.8 Å². The van der Waals surface area contributed by atoms with Gasteiger partial charge in [-0.2, -0.15) is 0 Å². The van der Waals surface area contributed by atoms with E-state index in [0.717, 1.165) is 19.3 Å². The first kappa shape index (κ1) is 12.3. The van der Waals surface area contributed by atoms with Gasteiger partial charge < -0.3 is 24.4 Å². The molecule has 2 aliphatic heterocycles. The zero-order chi connectivity index (χ0) is 11.5. The molecule has 0 spiro atoms. The molecule has 2 aliphatic rings. The van der Waals surface area contributed by atoms with Gasteiger partial charge in [0.25, 0.3) is 0 Å². The van der Waals surface area contributed by atoms with Crippen LogP contribution in [0.2, 0.25) is 0 Å². The molecule has 0 aromatic carbocycles. The van der Waals surface area contributed by atoms with Crippen molar-refractivity contribution >= 4 is 0 Å². The second kappa shape index (κ2) is 5.42. The Morgan fingerprint density at radius 2 is 2.00 bits per heavy atom. The van der Waals surface area contributed by atoms with Crippen LogP contribution in [-0.4, -0.2) is 54.1 Å². The number of ether oxygens (including phenoxy) is 3. The molecule has 0 amide bonds. The molecule has 0 saturated carbocycles. The van der Waals surface area contributed by atoms with E-state index in [4.69, 9.17) is 14.2 Å². The van der Waals surface area contributed by atoms with Crippen LogP contribution in [0.1, 0.15) is 26.2 Å². The number of hydrogen-bond acceptors (Lipinski definition) is 5. The highest BCUT2D eigenvalue weighted by molar-refractivity contribution is 4.90. The molecule has 0 aromatic rings. The minimum atomic E-state index is -0.862. The number of unbranched alkanes of at least 4 members (excludes halogenated alkanes) is 1. The van der Waals surface area contributed by atoms with Gasteiger partial charge in [0.1, 0.15) is 24.4 Å². The van der Waals surface area contributed by atoms with Crippen molar-refractivity contribution in [2.24, 2.45) is 0 Å². The fourth-order valence-electron chi connectivity index (χ4n) is 2.12. The van der Waals surface area contributed by atoms with Crippen molar-refractivity contribution in [3.05, 3.63) is 0 Å². The molecule has 0 radical (unpaired) electrons. The standard InChI is InChI=1S/C11H20O5/c1-2-3-4-9-14-6-8(16-9)11-10(13)7(12)5-15-11/h7-13H,2-6H2,1H3/t7-,8?,9?,10?,11-/m1/s1. The Hall–Kier alpha value is -0.200. The summed E-state index contributed by atoms with van der Waals surface area (Å²) in [6.07, 6.45) is 0.484. The third-order valence-corrected chi connectivity index (χ3v) is 3.12. The molecule has 2 N–H and O–H groups in total. The van der Waals surface area contributed by atoms with Crippen LogP contribution in [0.3, 0.4) is 0 Å². The first-order valence-corrected chi connectivity index (χ1v) is 5.97. The molecule has 94 valence electrons. The lowest BCUT2D eigenvalue weighted by atomic mass is 10.1. The first-order valence-electron chi connectivity index (χ1n) is 5.97. The van der Waals surface area contributed by atoms with Crippen molar-refractivity contribution < 1.29 is 24.4 Å². The average molecular weight is 232 g/mol. The van der Waals surface area contributed by atoms with Crippen molar-refractivity contribution in [1.29, 1.82) is 0 Å². The minimum Gasteiger partial charge on any atom is -0.388 e. The zero-order valence-electron chi connectivity index (χ0n) is 9.54. The molecule has 0 aliphatic carbocycles. The van der Waals surface area contributed by atoms with Gasteiger partial charge in [-0.25, -0.2) is 0 Å². The van der Waals surface area contributed by atoms with Crippen LogP contribution >= 0.6 is 0 Å². The van der Waals surface area contributed by atoms with Crippen LogP contribution < -0.4 is 0 Å². The summed E-state index contributed by atoms with van der Waals surface area (Å²) in [4.78, 5) is 0. The zero-order valence-corrected chi connectivity index (χ0v) is 9.54. The van der Waals surface area contributed by atoms with Crippen LogP contribution in [0.15, 0.2) is 0 Å². The van der Waals surface area contributed by atoms with Crippen molar-refractivity contribution in [3.63, 3.8) is 0 Å². The van der Waals surface area contributed by atoms with Gasteiger partial charge in [0, 0.05) is 0 Å². The van der Waals surface area contributed by atoms with E-state index in [1.165, 1.54) is 0 Å². The fourth-order valence-corrected chi connectivity index (χ4v) is 2.12. The van der Waals surface area contributed by atoms with Crippen LogP contribution in [0.4, 0.5) is 0 Å². The summed E-state index contributed by atoms with van der Waals surface area (Å²) < 4.78 is 16.4. The summed E-state index contributed by atoms with van der Waals surface area (Å²) in [5, 5.41) is 19.0. The normalized spacial score (nSPS) is 44.1. The fraction of sp³-hybridized carbons (Fsp3) is 1.00. The lowest BCUT2D eigenvalue weighted by molar-refractivity contribution is -0.103. The van der Waals surface area contributed by atoms with E-state index in [-0.39, 0.29) is 19.0 Å². The maximum atomic E-state index is 9.67. The van der Waals surface area contributed by atoms with Gasteiger partial charge >= 0.3 is 0 Å². The SMILES string of the molecule is CCCCC1OCC([C@H]2OC[C@@H](O)C2O)O1. The Balaban J connectivity index is 1.80. The van der Waals surface area contributed by atoms with Gasteiger partial charge in [-0.3, -0.25) is 0 Å². The number of hydrogen-bond donors (Lipinski definition) is 2. The van der Waals surface area contributed by atoms with E-state index < -0.39 is 18.3 Å². The lowest BCUT2D eigenvalue weighted by Gasteiger charge is -2.20. The first-order chi connectivity index (χ1) is 7.72. The molecule has 16 heavy (non-hydrogen) atoms. The van der Waals surface area contributed by atoms with Crippen molar-refractivity contribution in [3.8, 4) is 0 Å². The Bertz CT molecular complexity index is 222. The van der Waals surface area contributed by atoms with E-state index >= 15 is 0 Å². The number of rotatable bonds is 4. The smallest absolute Gasteiger partial charge is 0.158 e. The van der Waals surface area contributed by atoms with Crippen LogP contribution in [-0.2, 0) is 14.2 Å². The second-order valence-electron chi connectivity index (χ2n) is 4.44. The molecule has 0 aromatic heterocycles. The third kappa shape index (κ3) is 2.55. The van der Waals surface area contributed by atoms with Crippen molar-refractivity contribution in [1.82, 2.24) is 0 Å². The minimum absolute atomic E-state index is 0.172. The van der Waals surface area contributed by atoms with E-state index in [0.29, 0.717) is 6.61 Å². The molecule has 2 saturated heterocycles. The van der Waals surface area contributed by atoms with Crippen molar-refractivity contribution in [2.45, 2.75) is 56.9 Å². The number of aliphatic hydroxyl groups is 2. The highest BCUT2D eigenvalue weighted by Gasteiger charge is 2.43. The second-order valence-corrected chi connectivity index (χ2v) is 4.44. The van der Waals surface area contributed by atoms with Gasteiger partial charge in [0.15, 0.2) is 6.29 Å². The topological polar surface area (TPSA) is 68.2 Å².